The van der Waals surface area contributed by atoms with E-state index >= 15 is 0 Å². The summed E-state index contributed by atoms with van der Waals surface area (Å²) in [5.41, 5.74) is 4.52. The highest BCUT2D eigenvalue weighted by molar-refractivity contribution is 5.51. The van der Waals surface area contributed by atoms with Crippen molar-refractivity contribution in [1.82, 2.24) is 0 Å². The zero-order valence-electron chi connectivity index (χ0n) is 13.9. The van der Waals surface area contributed by atoms with Crippen LogP contribution in [0.25, 0.3) is 0 Å². The second kappa shape index (κ2) is 6.20. The van der Waals surface area contributed by atoms with Crippen LogP contribution in [0.15, 0.2) is 18.2 Å². The van der Waals surface area contributed by atoms with E-state index in [9.17, 15) is 0 Å². The van der Waals surface area contributed by atoms with E-state index in [1.807, 2.05) is 0 Å². The van der Waals surface area contributed by atoms with Gasteiger partial charge in [0.05, 0.1) is 0 Å². The third-order valence-electron chi connectivity index (χ3n) is 5.03. The van der Waals surface area contributed by atoms with Gasteiger partial charge in [-0.05, 0) is 68.4 Å². The van der Waals surface area contributed by atoms with Crippen molar-refractivity contribution in [3.63, 3.8) is 0 Å². The van der Waals surface area contributed by atoms with E-state index in [4.69, 9.17) is 0 Å². The summed E-state index contributed by atoms with van der Waals surface area (Å²) < 4.78 is 0. The second-order valence-corrected chi connectivity index (χ2v) is 7.78. The average molecular weight is 273 g/mol. The molecule has 0 aliphatic heterocycles. The molecule has 0 aromatic heterocycles. The fraction of sp³-hybridized carbons (Fsp3) is 0.684. The van der Waals surface area contributed by atoms with Crippen molar-refractivity contribution < 1.29 is 0 Å². The molecule has 0 heterocycles. The van der Waals surface area contributed by atoms with Gasteiger partial charge in [-0.2, -0.15) is 0 Å². The first-order valence-electron chi connectivity index (χ1n) is 8.17. The van der Waals surface area contributed by atoms with Gasteiger partial charge < -0.3 is 5.32 Å². The monoisotopic (exact) mass is 273 g/mol. The molecule has 1 N–H and O–H groups in total. The van der Waals surface area contributed by atoms with Gasteiger partial charge in [0.1, 0.15) is 0 Å². The molecule has 1 nitrogen and oxygen atoms in total. The van der Waals surface area contributed by atoms with Gasteiger partial charge in [-0.1, -0.05) is 38.5 Å². The number of nitrogens with one attached hydrogen (secondary N) is 1. The van der Waals surface area contributed by atoms with Crippen LogP contribution in [0.2, 0.25) is 0 Å². The minimum absolute atomic E-state index is 0.492. The predicted molar refractivity (Wildman–Crippen MR) is 89.3 cm³/mol. The Morgan fingerprint density at radius 2 is 1.70 bits per heavy atom. The maximum atomic E-state index is 3.66. The van der Waals surface area contributed by atoms with Crippen LogP contribution in [0.3, 0.4) is 0 Å². The highest BCUT2D eigenvalue weighted by Crippen LogP contribution is 2.39. The molecule has 0 atom stereocenters. The summed E-state index contributed by atoms with van der Waals surface area (Å²) in [6.45, 7) is 12.7. The van der Waals surface area contributed by atoms with Crippen LogP contribution in [-0.4, -0.2) is 6.54 Å². The Labute approximate surface area is 125 Å². The highest BCUT2D eigenvalue weighted by atomic mass is 14.9. The van der Waals surface area contributed by atoms with Gasteiger partial charge in [-0.3, -0.25) is 0 Å². The molecule has 1 fully saturated rings. The molecule has 0 amide bonds. The fourth-order valence-electron chi connectivity index (χ4n) is 3.50. The van der Waals surface area contributed by atoms with Crippen LogP contribution in [0, 0.1) is 31.1 Å². The van der Waals surface area contributed by atoms with Crippen molar-refractivity contribution in [1.29, 1.82) is 0 Å². The lowest BCUT2D eigenvalue weighted by atomic mass is 9.70. The molecule has 0 radical (unpaired) electrons. The SMILES string of the molecule is Cc1ccc(NCC2CCC(C(C)(C)C)CC2)c(C)c1. The molecule has 0 bridgehead atoms. The molecule has 1 aromatic carbocycles. The summed E-state index contributed by atoms with van der Waals surface area (Å²) in [5, 5.41) is 3.66. The number of anilines is 1. The van der Waals surface area contributed by atoms with E-state index in [0.29, 0.717) is 5.41 Å². The molecule has 1 heteroatoms. The largest absolute Gasteiger partial charge is 0.385 e. The summed E-state index contributed by atoms with van der Waals surface area (Å²) >= 11 is 0. The van der Waals surface area contributed by atoms with Crippen molar-refractivity contribution in [2.45, 2.75) is 60.3 Å². The van der Waals surface area contributed by atoms with Gasteiger partial charge in [0, 0.05) is 12.2 Å². The van der Waals surface area contributed by atoms with Crippen LogP contribution in [-0.2, 0) is 0 Å². The van der Waals surface area contributed by atoms with Gasteiger partial charge in [0.2, 0.25) is 0 Å². The van der Waals surface area contributed by atoms with Crippen molar-refractivity contribution in [3.05, 3.63) is 29.3 Å². The van der Waals surface area contributed by atoms with E-state index in [2.05, 4.69) is 58.1 Å². The Bertz CT molecular complexity index is 434. The van der Waals surface area contributed by atoms with Crippen LogP contribution in [0.4, 0.5) is 5.69 Å². The molecular weight excluding hydrogens is 242 g/mol. The average Bonchev–Trinajstić information content (AvgIpc) is 2.37. The maximum absolute atomic E-state index is 3.66. The lowest BCUT2D eigenvalue weighted by Crippen LogP contribution is -2.28. The molecule has 1 aromatic rings. The van der Waals surface area contributed by atoms with Gasteiger partial charge in [-0.25, -0.2) is 0 Å². The predicted octanol–water partition coefficient (Wildman–Crippen LogP) is 5.57. The lowest BCUT2D eigenvalue weighted by molar-refractivity contribution is 0.153. The molecule has 1 aliphatic carbocycles. The van der Waals surface area contributed by atoms with Crippen LogP contribution < -0.4 is 5.32 Å². The van der Waals surface area contributed by atoms with Crippen LogP contribution >= 0.6 is 0 Å². The first-order chi connectivity index (χ1) is 9.36. The Morgan fingerprint density at radius 1 is 1.05 bits per heavy atom. The van der Waals surface area contributed by atoms with E-state index in [0.717, 1.165) is 18.4 Å². The van der Waals surface area contributed by atoms with Crippen LogP contribution in [0.5, 0.6) is 0 Å². The highest BCUT2D eigenvalue weighted by Gasteiger charge is 2.29. The third kappa shape index (κ3) is 4.01. The van der Waals surface area contributed by atoms with Crippen molar-refractivity contribution in [2.24, 2.45) is 17.3 Å². The fourth-order valence-corrected chi connectivity index (χ4v) is 3.50. The first-order valence-corrected chi connectivity index (χ1v) is 8.17. The Balaban J connectivity index is 1.82. The number of hydrogen-bond acceptors (Lipinski definition) is 1. The quantitative estimate of drug-likeness (QED) is 0.759. The Morgan fingerprint density at radius 3 is 2.25 bits per heavy atom. The second-order valence-electron chi connectivity index (χ2n) is 7.78. The Hall–Kier alpha value is -0.980. The van der Waals surface area contributed by atoms with Crippen molar-refractivity contribution in [3.8, 4) is 0 Å². The molecule has 1 saturated carbocycles. The summed E-state index contributed by atoms with van der Waals surface area (Å²) in [6.07, 6.45) is 5.59. The van der Waals surface area contributed by atoms with Gasteiger partial charge in [0.25, 0.3) is 0 Å². The van der Waals surface area contributed by atoms with E-state index in [1.54, 1.807) is 0 Å². The molecule has 0 unspecified atom stereocenters. The molecule has 2 rings (SSSR count). The molecule has 0 spiro atoms. The lowest BCUT2D eigenvalue weighted by Gasteiger charge is -2.37. The van der Waals surface area contributed by atoms with Gasteiger partial charge in [0.15, 0.2) is 0 Å². The zero-order valence-corrected chi connectivity index (χ0v) is 13.9. The molecule has 112 valence electrons. The van der Waals surface area contributed by atoms with Gasteiger partial charge in [-0.15, -0.1) is 0 Å². The third-order valence-corrected chi connectivity index (χ3v) is 5.03. The van der Waals surface area contributed by atoms with E-state index < -0.39 is 0 Å². The number of benzene rings is 1. The van der Waals surface area contributed by atoms with Crippen molar-refractivity contribution in [2.75, 3.05) is 11.9 Å². The summed E-state index contributed by atoms with van der Waals surface area (Å²) in [6, 6.07) is 6.69. The smallest absolute Gasteiger partial charge is 0.0370 e. The van der Waals surface area contributed by atoms with Crippen LogP contribution in [0.1, 0.15) is 57.6 Å². The summed E-state index contributed by atoms with van der Waals surface area (Å²) in [4.78, 5) is 0. The number of rotatable bonds is 3. The maximum Gasteiger partial charge on any atom is 0.0370 e. The topological polar surface area (TPSA) is 12.0 Å². The van der Waals surface area contributed by atoms with Crippen molar-refractivity contribution >= 4 is 5.69 Å². The van der Waals surface area contributed by atoms with E-state index in [1.165, 1.54) is 42.5 Å². The molecule has 1 aliphatic rings. The summed E-state index contributed by atoms with van der Waals surface area (Å²) in [7, 11) is 0. The Kier molecular flexibility index (Phi) is 4.78. The summed E-state index contributed by atoms with van der Waals surface area (Å²) in [5.74, 6) is 1.77. The number of aryl methyl sites for hydroxylation is 2. The minimum Gasteiger partial charge on any atom is -0.385 e. The molecular formula is C19H31N. The molecule has 20 heavy (non-hydrogen) atoms. The first kappa shape index (κ1) is 15.4. The molecule has 0 saturated heterocycles. The normalized spacial score (nSPS) is 23.6. The van der Waals surface area contributed by atoms with E-state index in [-0.39, 0.29) is 0 Å². The van der Waals surface area contributed by atoms with Gasteiger partial charge >= 0.3 is 0 Å². The zero-order chi connectivity index (χ0) is 14.8. The minimum atomic E-state index is 0.492. The number of hydrogen-bond donors (Lipinski definition) is 1. The standard InChI is InChI=1S/C19H31N/c1-14-6-11-18(15(2)12-14)20-13-16-7-9-17(10-8-16)19(3,4)5/h6,11-12,16-17,20H,7-10,13H2,1-5H3.